The van der Waals surface area contributed by atoms with Crippen molar-refractivity contribution in [1.29, 1.82) is 0 Å². The van der Waals surface area contributed by atoms with Crippen molar-refractivity contribution in [2.24, 2.45) is 0 Å². The molecule has 3 aromatic carbocycles. The Morgan fingerprint density at radius 3 is 2.16 bits per heavy atom. The van der Waals surface area contributed by atoms with Crippen molar-refractivity contribution in [3.63, 3.8) is 0 Å². The fourth-order valence-corrected chi connectivity index (χ4v) is 3.39. The molecule has 0 aliphatic carbocycles. The molecule has 0 fully saturated rings. The standard InChI is InChI=1S/C23H20BrClN2O4/c1-30-10-11-31-21-9-8-16(13-20(21)24)23(29)26-18-6-2-4-15(12-18)22(28)27-19-7-3-5-17(25)14-19/h2-9,12-14H,10-11H2,1H3,(H,26,29)(H,27,28). The maximum Gasteiger partial charge on any atom is 0.255 e. The van der Waals surface area contributed by atoms with Gasteiger partial charge in [-0.25, -0.2) is 0 Å². The Labute approximate surface area is 193 Å². The highest BCUT2D eigenvalue weighted by molar-refractivity contribution is 9.10. The van der Waals surface area contributed by atoms with Gasteiger partial charge in [0.15, 0.2) is 0 Å². The van der Waals surface area contributed by atoms with Crippen LogP contribution in [0, 0.1) is 0 Å². The maximum absolute atomic E-state index is 12.6. The summed E-state index contributed by atoms with van der Waals surface area (Å²) in [5, 5.41) is 6.11. The largest absolute Gasteiger partial charge is 0.490 e. The van der Waals surface area contributed by atoms with Gasteiger partial charge in [0.25, 0.3) is 11.8 Å². The summed E-state index contributed by atoms with van der Waals surface area (Å²) < 4.78 is 11.2. The number of methoxy groups -OCH3 is 1. The van der Waals surface area contributed by atoms with E-state index < -0.39 is 0 Å². The molecule has 0 spiro atoms. The average molecular weight is 504 g/mol. The van der Waals surface area contributed by atoms with E-state index in [9.17, 15) is 9.59 Å². The van der Waals surface area contributed by atoms with Crippen molar-refractivity contribution in [1.82, 2.24) is 0 Å². The van der Waals surface area contributed by atoms with E-state index >= 15 is 0 Å². The third kappa shape index (κ3) is 6.55. The molecule has 3 rings (SSSR count). The van der Waals surface area contributed by atoms with Crippen molar-refractivity contribution in [2.45, 2.75) is 0 Å². The highest BCUT2D eigenvalue weighted by atomic mass is 79.9. The maximum atomic E-state index is 12.6. The van der Waals surface area contributed by atoms with Gasteiger partial charge in [-0.2, -0.15) is 0 Å². The molecule has 0 heterocycles. The van der Waals surface area contributed by atoms with Gasteiger partial charge in [0.1, 0.15) is 12.4 Å². The van der Waals surface area contributed by atoms with Crippen molar-refractivity contribution in [2.75, 3.05) is 31.0 Å². The van der Waals surface area contributed by atoms with E-state index in [-0.39, 0.29) is 11.8 Å². The average Bonchev–Trinajstić information content (AvgIpc) is 2.75. The fourth-order valence-electron chi connectivity index (χ4n) is 2.71. The number of rotatable bonds is 8. The van der Waals surface area contributed by atoms with E-state index in [2.05, 4.69) is 26.6 Å². The molecule has 8 heteroatoms. The Hall–Kier alpha value is -2.87. The predicted octanol–water partition coefficient (Wildman–Crippen LogP) is 5.63. The zero-order chi connectivity index (χ0) is 22.2. The molecule has 31 heavy (non-hydrogen) atoms. The molecule has 0 radical (unpaired) electrons. The van der Waals surface area contributed by atoms with Crippen LogP contribution in [0.1, 0.15) is 20.7 Å². The van der Waals surface area contributed by atoms with Crippen LogP contribution in [0.15, 0.2) is 71.2 Å². The summed E-state index contributed by atoms with van der Waals surface area (Å²) in [5.41, 5.74) is 1.94. The summed E-state index contributed by atoms with van der Waals surface area (Å²) in [4.78, 5) is 25.2. The zero-order valence-electron chi connectivity index (χ0n) is 16.7. The van der Waals surface area contributed by atoms with Crippen LogP contribution in [-0.4, -0.2) is 32.1 Å². The predicted molar refractivity (Wildman–Crippen MR) is 125 cm³/mol. The second kappa shape index (κ2) is 10.9. The van der Waals surface area contributed by atoms with E-state index in [0.29, 0.717) is 51.0 Å². The van der Waals surface area contributed by atoms with Gasteiger partial charge >= 0.3 is 0 Å². The Morgan fingerprint density at radius 1 is 0.871 bits per heavy atom. The van der Waals surface area contributed by atoms with Gasteiger partial charge in [-0.1, -0.05) is 23.7 Å². The Kier molecular flexibility index (Phi) is 8.06. The highest BCUT2D eigenvalue weighted by Crippen LogP contribution is 2.26. The second-order valence-corrected chi connectivity index (χ2v) is 7.78. The fraction of sp³-hybridized carbons (Fsp3) is 0.130. The van der Waals surface area contributed by atoms with Gasteiger partial charge < -0.3 is 20.1 Å². The van der Waals surface area contributed by atoms with Crippen LogP contribution in [0.2, 0.25) is 5.02 Å². The molecule has 0 saturated heterocycles. The summed E-state index contributed by atoms with van der Waals surface area (Å²) in [7, 11) is 1.60. The molecule has 0 aliphatic rings. The van der Waals surface area contributed by atoms with Crippen LogP contribution < -0.4 is 15.4 Å². The molecular formula is C23H20BrClN2O4. The van der Waals surface area contributed by atoms with E-state index in [0.717, 1.165) is 0 Å². The molecule has 160 valence electrons. The van der Waals surface area contributed by atoms with Gasteiger partial charge in [0.05, 0.1) is 11.1 Å². The van der Waals surface area contributed by atoms with Crippen LogP contribution >= 0.6 is 27.5 Å². The summed E-state index contributed by atoms with van der Waals surface area (Å²) >= 11 is 9.36. The van der Waals surface area contributed by atoms with Crippen LogP contribution in [0.3, 0.4) is 0 Å². The third-order valence-corrected chi connectivity index (χ3v) is 5.06. The smallest absolute Gasteiger partial charge is 0.255 e. The second-order valence-electron chi connectivity index (χ2n) is 6.49. The molecule has 2 N–H and O–H groups in total. The molecule has 0 aliphatic heterocycles. The normalized spacial score (nSPS) is 10.4. The van der Waals surface area contributed by atoms with E-state index in [1.807, 2.05) is 0 Å². The summed E-state index contributed by atoms with van der Waals surface area (Å²) in [6.07, 6.45) is 0. The number of halogens is 2. The number of benzene rings is 3. The Bertz CT molecular complexity index is 1090. The highest BCUT2D eigenvalue weighted by Gasteiger charge is 2.12. The van der Waals surface area contributed by atoms with Gasteiger partial charge in [0, 0.05) is 34.6 Å². The number of ether oxygens (including phenoxy) is 2. The van der Waals surface area contributed by atoms with Crippen molar-refractivity contribution in [3.05, 3.63) is 87.4 Å². The molecule has 2 amide bonds. The number of hydrogen-bond donors (Lipinski definition) is 2. The van der Waals surface area contributed by atoms with E-state index in [1.54, 1.807) is 73.8 Å². The lowest BCUT2D eigenvalue weighted by molar-refractivity contribution is 0.101. The molecule has 0 saturated carbocycles. The molecule has 0 atom stereocenters. The first-order valence-electron chi connectivity index (χ1n) is 9.36. The minimum Gasteiger partial charge on any atom is -0.490 e. The molecular weight excluding hydrogens is 484 g/mol. The SMILES string of the molecule is COCCOc1ccc(C(=O)Nc2cccc(C(=O)Nc3cccc(Cl)c3)c2)cc1Br. The van der Waals surface area contributed by atoms with Crippen LogP contribution in [0.4, 0.5) is 11.4 Å². The first-order valence-corrected chi connectivity index (χ1v) is 10.5. The lowest BCUT2D eigenvalue weighted by atomic mass is 10.1. The lowest BCUT2D eigenvalue weighted by Gasteiger charge is -2.11. The Morgan fingerprint density at radius 2 is 1.52 bits per heavy atom. The van der Waals surface area contributed by atoms with Crippen molar-refractivity contribution in [3.8, 4) is 5.75 Å². The zero-order valence-corrected chi connectivity index (χ0v) is 19.0. The molecule has 0 bridgehead atoms. The van der Waals surface area contributed by atoms with Crippen molar-refractivity contribution < 1.29 is 19.1 Å². The number of nitrogens with one attached hydrogen (secondary N) is 2. The van der Waals surface area contributed by atoms with Crippen LogP contribution in [0.25, 0.3) is 0 Å². The van der Waals surface area contributed by atoms with Gasteiger partial charge in [-0.15, -0.1) is 0 Å². The number of hydrogen-bond acceptors (Lipinski definition) is 4. The monoisotopic (exact) mass is 502 g/mol. The van der Waals surface area contributed by atoms with Gasteiger partial charge in [-0.3, -0.25) is 9.59 Å². The van der Waals surface area contributed by atoms with Crippen molar-refractivity contribution >= 4 is 50.7 Å². The van der Waals surface area contributed by atoms with E-state index in [4.69, 9.17) is 21.1 Å². The van der Waals surface area contributed by atoms with Crippen LogP contribution in [0.5, 0.6) is 5.75 Å². The Balaban J connectivity index is 1.67. The van der Waals surface area contributed by atoms with Gasteiger partial charge in [0.2, 0.25) is 0 Å². The van der Waals surface area contributed by atoms with E-state index in [1.165, 1.54) is 0 Å². The number of carbonyl (C=O) groups excluding carboxylic acids is 2. The molecule has 0 aromatic heterocycles. The molecule has 6 nitrogen and oxygen atoms in total. The molecule has 3 aromatic rings. The number of carbonyl (C=O) groups is 2. The summed E-state index contributed by atoms with van der Waals surface area (Å²) in [6, 6.07) is 18.6. The summed E-state index contributed by atoms with van der Waals surface area (Å²) in [5.74, 6) is 0.00324. The minimum absolute atomic E-state index is 0.307. The molecule has 0 unspecified atom stereocenters. The first-order chi connectivity index (χ1) is 15.0. The topological polar surface area (TPSA) is 76.7 Å². The van der Waals surface area contributed by atoms with Crippen LogP contribution in [-0.2, 0) is 4.74 Å². The third-order valence-electron chi connectivity index (χ3n) is 4.20. The number of amides is 2. The number of anilines is 2. The quantitative estimate of drug-likeness (QED) is 0.391. The first kappa shape index (κ1) is 22.8. The summed E-state index contributed by atoms with van der Waals surface area (Å²) in [6.45, 7) is 0.876. The van der Waals surface area contributed by atoms with Gasteiger partial charge in [-0.05, 0) is 70.5 Å². The minimum atomic E-state index is -0.309. The lowest BCUT2D eigenvalue weighted by Crippen LogP contribution is -2.15.